The fourth-order valence-electron chi connectivity index (χ4n) is 2.64. The second-order valence-corrected chi connectivity index (χ2v) is 8.20. The van der Waals surface area contributed by atoms with Gasteiger partial charge in [-0.15, -0.1) is 0 Å². The highest BCUT2D eigenvalue weighted by Crippen LogP contribution is 2.27. The van der Waals surface area contributed by atoms with Crippen molar-refractivity contribution in [1.29, 1.82) is 0 Å². The SMILES string of the molecule is CNc1cccc(S(=O)(=O)NC(=O)c2nn(C)c3c2CSCC3)c1. The third kappa shape index (κ3) is 3.13. The molecular formula is C15H18N4O3S2. The van der Waals surface area contributed by atoms with E-state index in [4.69, 9.17) is 0 Å². The predicted octanol–water partition coefficient (Wildman–Crippen LogP) is 1.37. The van der Waals surface area contributed by atoms with Gasteiger partial charge in [0.1, 0.15) is 0 Å². The number of hydrogen-bond donors (Lipinski definition) is 2. The molecule has 0 radical (unpaired) electrons. The monoisotopic (exact) mass is 366 g/mol. The summed E-state index contributed by atoms with van der Waals surface area (Å²) in [4.78, 5) is 12.5. The Morgan fingerprint density at radius 2 is 2.17 bits per heavy atom. The van der Waals surface area contributed by atoms with E-state index in [0.717, 1.165) is 23.4 Å². The maximum Gasteiger partial charge on any atom is 0.285 e. The molecule has 1 amide bonds. The highest BCUT2D eigenvalue weighted by atomic mass is 32.2. The molecule has 0 spiro atoms. The number of anilines is 1. The van der Waals surface area contributed by atoms with Crippen LogP contribution in [0.5, 0.6) is 0 Å². The smallest absolute Gasteiger partial charge is 0.285 e. The molecule has 0 bridgehead atoms. The number of nitrogens with zero attached hydrogens (tertiary/aromatic N) is 2. The van der Waals surface area contributed by atoms with Crippen LogP contribution < -0.4 is 10.0 Å². The van der Waals surface area contributed by atoms with Crippen LogP contribution in [0.1, 0.15) is 21.7 Å². The molecule has 1 aliphatic rings. The number of rotatable bonds is 4. The van der Waals surface area contributed by atoms with Crippen molar-refractivity contribution in [3.05, 3.63) is 41.2 Å². The Bertz CT molecular complexity index is 890. The molecule has 2 aromatic rings. The maximum absolute atomic E-state index is 12.5. The van der Waals surface area contributed by atoms with Crippen molar-refractivity contribution in [2.24, 2.45) is 7.05 Å². The number of hydrogen-bond acceptors (Lipinski definition) is 6. The number of nitrogens with one attached hydrogen (secondary N) is 2. The molecule has 24 heavy (non-hydrogen) atoms. The zero-order valence-electron chi connectivity index (χ0n) is 13.4. The number of sulfonamides is 1. The van der Waals surface area contributed by atoms with Crippen molar-refractivity contribution in [2.45, 2.75) is 17.1 Å². The molecule has 2 heterocycles. The van der Waals surface area contributed by atoms with Crippen molar-refractivity contribution in [1.82, 2.24) is 14.5 Å². The van der Waals surface area contributed by atoms with Gasteiger partial charge in [-0.1, -0.05) is 6.07 Å². The molecule has 9 heteroatoms. The van der Waals surface area contributed by atoms with Crippen molar-refractivity contribution in [2.75, 3.05) is 18.1 Å². The van der Waals surface area contributed by atoms with E-state index < -0.39 is 15.9 Å². The lowest BCUT2D eigenvalue weighted by atomic mass is 10.1. The van der Waals surface area contributed by atoms with Crippen LogP contribution in [0.2, 0.25) is 0 Å². The first-order valence-corrected chi connectivity index (χ1v) is 10.0. The van der Waals surface area contributed by atoms with Gasteiger partial charge in [0.15, 0.2) is 5.69 Å². The molecule has 128 valence electrons. The van der Waals surface area contributed by atoms with Crippen LogP contribution in [0.25, 0.3) is 0 Å². The molecule has 1 aromatic carbocycles. The molecule has 0 saturated heterocycles. The fraction of sp³-hybridized carbons (Fsp3) is 0.333. The summed E-state index contributed by atoms with van der Waals surface area (Å²) in [7, 11) is -0.482. The zero-order valence-corrected chi connectivity index (χ0v) is 15.0. The Labute approximate surface area is 144 Å². The number of carbonyl (C=O) groups excluding carboxylic acids is 1. The Balaban J connectivity index is 1.89. The van der Waals surface area contributed by atoms with Crippen molar-refractivity contribution in [3.8, 4) is 0 Å². The number of amides is 1. The summed E-state index contributed by atoms with van der Waals surface area (Å²) < 4.78 is 28.7. The van der Waals surface area contributed by atoms with Crippen LogP contribution in [0.3, 0.4) is 0 Å². The minimum Gasteiger partial charge on any atom is -0.388 e. The van der Waals surface area contributed by atoms with Gasteiger partial charge in [-0.25, -0.2) is 13.1 Å². The lowest BCUT2D eigenvalue weighted by Gasteiger charge is -2.12. The van der Waals surface area contributed by atoms with E-state index in [2.05, 4.69) is 15.1 Å². The highest BCUT2D eigenvalue weighted by molar-refractivity contribution is 7.98. The van der Waals surface area contributed by atoms with Crippen LogP contribution in [0, 0.1) is 0 Å². The molecule has 0 atom stereocenters. The second kappa shape index (κ2) is 6.48. The quantitative estimate of drug-likeness (QED) is 0.849. The zero-order chi connectivity index (χ0) is 17.3. The van der Waals surface area contributed by atoms with Gasteiger partial charge >= 0.3 is 0 Å². The van der Waals surface area contributed by atoms with Crippen LogP contribution in [0.15, 0.2) is 29.2 Å². The molecule has 1 aromatic heterocycles. The highest BCUT2D eigenvalue weighted by Gasteiger charge is 2.27. The van der Waals surface area contributed by atoms with E-state index in [-0.39, 0.29) is 10.6 Å². The second-order valence-electron chi connectivity index (χ2n) is 5.41. The number of benzene rings is 1. The minimum absolute atomic E-state index is 0.0295. The van der Waals surface area contributed by atoms with Gasteiger partial charge in [0.05, 0.1) is 4.90 Å². The first-order chi connectivity index (χ1) is 11.4. The number of thioether (sulfide) groups is 1. The fourth-order valence-corrected chi connectivity index (χ4v) is 4.63. The summed E-state index contributed by atoms with van der Waals surface area (Å²) in [6.45, 7) is 0. The number of aryl methyl sites for hydroxylation is 1. The third-order valence-corrected chi connectivity index (χ3v) is 6.19. The number of aromatic nitrogens is 2. The molecular weight excluding hydrogens is 348 g/mol. The Kier molecular flexibility index (Phi) is 4.55. The van der Waals surface area contributed by atoms with Gasteiger partial charge < -0.3 is 5.32 Å². The summed E-state index contributed by atoms with van der Waals surface area (Å²) in [5.41, 5.74) is 2.66. The molecule has 3 rings (SSSR count). The van der Waals surface area contributed by atoms with Crippen LogP contribution in [0.4, 0.5) is 5.69 Å². The summed E-state index contributed by atoms with van der Waals surface area (Å²) >= 11 is 1.71. The molecule has 7 nitrogen and oxygen atoms in total. The Hall–Kier alpha value is -2.00. The number of carbonyl (C=O) groups is 1. The van der Waals surface area contributed by atoms with Crippen molar-refractivity contribution in [3.63, 3.8) is 0 Å². The molecule has 0 aliphatic carbocycles. The van der Waals surface area contributed by atoms with Gasteiger partial charge in [0.25, 0.3) is 15.9 Å². The van der Waals surface area contributed by atoms with E-state index in [1.165, 1.54) is 12.1 Å². The first kappa shape index (κ1) is 16.8. The van der Waals surface area contributed by atoms with E-state index in [9.17, 15) is 13.2 Å². The predicted molar refractivity (Wildman–Crippen MR) is 93.7 cm³/mol. The topological polar surface area (TPSA) is 93.1 Å². The average Bonchev–Trinajstić information content (AvgIpc) is 2.92. The van der Waals surface area contributed by atoms with Gasteiger partial charge in [-0.2, -0.15) is 16.9 Å². The Morgan fingerprint density at radius 3 is 2.92 bits per heavy atom. The van der Waals surface area contributed by atoms with E-state index in [0.29, 0.717) is 11.4 Å². The molecule has 1 aliphatic heterocycles. The summed E-state index contributed by atoms with van der Waals surface area (Å²) in [5, 5.41) is 7.09. The molecule has 2 N–H and O–H groups in total. The Morgan fingerprint density at radius 1 is 1.38 bits per heavy atom. The van der Waals surface area contributed by atoms with Crippen molar-refractivity contribution < 1.29 is 13.2 Å². The summed E-state index contributed by atoms with van der Waals surface area (Å²) in [5.74, 6) is 0.952. The van der Waals surface area contributed by atoms with Crippen LogP contribution >= 0.6 is 11.8 Å². The van der Waals surface area contributed by atoms with Crippen LogP contribution in [-0.2, 0) is 29.2 Å². The van der Waals surface area contributed by atoms with E-state index in [1.807, 2.05) is 0 Å². The summed E-state index contributed by atoms with van der Waals surface area (Å²) in [6.07, 6.45) is 0.827. The molecule has 0 saturated carbocycles. The molecule has 0 unspecified atom stereocenters. The van der Waals surface area contributed by atoms with Gasteiger partial charge in [0, 0.05) is 36.8 Å². The summed E-state index contributed by atoms with van der Waals surface area (Å²) in [6, 6.07) is 6.27. The van der Waals surface area contributed by atoms with E-state index >= 15 is 0 Å². The number of fused-ring (bicyclic) bond motifs is 1. The van der Waals surface area contributed by atoms with Gasteiger partial charge in [-0.3, -0.25) is 9.48 Å². The lowest BCUT2D eigenvalue weighted by molar-refractivity contribution is 0.0975. The van der Waals surface area contributed by atoms with Crippen molar-refractivity contribution >= 4 is 33.4 Å². The molecule has 0 fully saturated rings. The maximum atomic E-state index is 12.5. The lowest BCUT2D eigenvalue weighted by Crippen LogP contribution is -2.31. The minimum atomic E-state index is -3.95. The van der Waals surface area contributed by atoms with Gasteiger partial charge in [-0.05, 0) is 30.4 Å². The average molecular weight is 366 g/mol. The first-order valence-electron chi connectivity index (χ1n) is 7.40. The van der Waals surface area contributed by atoms with E-state index in [1.54, 1.807) is 42.7 Å². The van der Waals surface area contributed by atoms with Gasteiger partial charge in [0.2, 0.25) is 0 Å². The third-order valence-electron chi connectivity index (χ3n) is 3.88. The van der Waals surface area contributed by atoms with Crippen LogP contribution in [-0.4, -0.2) is 36.9 Å². The largest absolute Gasteiger partial charge is 0.388 e. The standard InChI is InChI=1S/C15H18N4O3S2/c1-16-10-4-3-5-11(8-10)24(21,22)18-15(20)14-12-9-23-7-6-13(12)19(2)17-14/h3-5,8,16H,6-7,9H2,1-2H3,(H,18,20). The normalized spacial score (nSPS) is 14.1.